The first-order valence-electron chi connectivity index (χ1n) is 8.58. The fourth-order valence-corrected chi connectivity index (χ4v) is 3.52. The van der Waals surface area contributed by atoms with E-state index in [2.05, 4.69) is 14.8 Å². The number of hydrogen-bond acceptors (Lipinski definition) is 4. The van der Waals surface area contributed by atoms with Gasteiger partial charge in [0.1, 0.15) is 11.5 Å². The molecule has 1 saturated heterocycles. The van der Waals surface area contributed by atoms with E-state index >= 15 is 0 Å². The Morgan fingerprint density at radius 1 is 1.08 bits per heavy atom. The Balaban J connectivity index is 1.43. The quantitative estimate of drug-likeness (QED) is 0.575. The third-order valence-corrected chi connectivity index (χ3v) is 4.82. The van der Waals surface area contributed by atoms with Gasteiger partial charge in [0.15, 0.2) is 0 Å². The Labute approximate surface area is 150 Å². The van der Waals surface area contributed by atoms with Crippen molar-refractivity contribution in [1.29, 1.82) is 0 Å². The van der Waals surface area contributed by atoms with Gasteiger partial charge in [-0.3, -0.25) is 15.0 Å². The molecule has 1 aromatic heterocycles. The Hall–Kier alpha value is -2.93. The number of rotatable bonds is 4. The van der Waals surface area contributed by atoms with Crippen LogP contribution < -0.4 is 4.90 Å². The highest BCUT2D eigenvalue weighted by Crippen LogP contribution is 2.28. The lowest BCUT2D eigenvalue weighted by Crippen LogP contribution is -2.46. The van der Waals surface area contributed by atoms with Gasteiger partial charge in [-0.05, 0) is 30.3 Å². The number of hydrogen-bond donors (Lipinski definition) is 1. The monoisotopic (exact) mass is 354 g/mol. The zero-order chi connectivity index (χ0) is 18.1. The number of piperazine rings is 1. The van der Waals surface area contributed by atoms with Crippen LogP contribution in [0.15, 0.2) is 48.5 Å². The third-order valence-electron chi connectivity index (χ3n) is 4.82. The molecular formula is C19H19FN4O2. The number of nitrogens with zero attached hydrogens (tertiary/aromatic N) is 3. The van der Waals surface area contributed by atoms with E-state index in [-0.39, 0.29) is 16.4 Å². The van der Waals surface area contributed by atoms with Crippen LogP contribution in [0, 0.1) is 15.9 Å². The summed E-state index contributed by atoms with van der Waals surface area (Å²) in [6.45, 7) is 3.85. The maximum absolute atomic E-state index is 13.3. The van der Waals surface area contributed by atoms with E-state index in [1.54, 1.807) is 24.3 Å². The van der Waals surface area contributed by atoms with E-state index in [0.29, 0.717) is 5.69 Å². The lowest BCUT2D eigenvalue weighted by Gasteiger charge is -2.35. The van der Waals surface area contributed by atoms with Crippen molar-refractivity contribution in [2.45, 2.75) is 6.54 Å². The maximum atomic E-state index is 13.3. The van der Waals surface area contributed by atoms with Gasteiger partial charge in [0, 0.05) is 55.4 Å². The van der Waals surface area contributed by atoms with Gasteiger partial charge in [-0.15, -0.1) is 0 Å². The van der Waals surface area contributed by atoms with Gasteiger partial charge in [0.25, 0.3) is 5.69 Å². The van der Waals surface area contributed by atoms with Crippen LogP contribution in [0.5, 0.6) is 0 Å². The number of nitrogens with one attached hydrogen (secondary N) is 1. The SMILES string of the molecule is O=[N+]([O-])c1ccccc1N1CCN(Cc2cc3cc(F)ccc3[nH]2)CC1. The smallest absolute Gasteiger partial charge is 0.292 e. The van der Waals surface area contributed by atoms with E-state index in [9.17, 15) is 14.5 Å². The summed E-state index contributed by atoms with van der Waals surface area (Å²) in [7, 11) is 0. The lowest BCUT2D eigenvalue weighted by molar-refractivity contribution is -0.384. The minimum absolute atomic E-state index is 0.151. The molecule has 4 rings (SSSR count). The lowest BCUT2D eigenvalue weighted by atomic mass is 10.2. The molecule has 0 bridgehead atoms. The number of fused-ring (bicyclic) bond motifs is 1. The van der Waals surface area contributed by atoms with Crippen LogP contribution in [0.2, 0.25) is 0 Å². The number of para-hydroxylation sites is 2. The van der Waals surface area contributed by atoms with Crippen molar-refractivity contribution in [3.8, 4) is 0 Å². The Morgan fingerprint density at radius 2 is 1.85 bits per heavy atom. The molecule has 0 spiro atoms. The molecule has 7 heteroatoms. The molecule has 1 N–H and O–H groups in total. The van der Waals surface area contributed by atoms with Crippen molar-refractivity contribution in [1.82, 2.24) is 9.88 Å². The summed E-state index contributed by atoms with van der Waals surface area (Å²) in [5.41, 5.74) is 2.81. The predicted molar refractivity (Wildman–Crippen MR) is 98.8 cm³/mol. The first kappa shape index (κ1) is 16.5. The van der Waals surface area contributed by atoms with E-state index in [0.717, 1.165) is 49.3 Å². The fraction of sp³-hybridized carbons (Fsp3) is 0.263. The van der Waals surface area contributed by atoms with Gasteiger partial charge in [-0.1, -0.05) is 12.1 Å². The number of anilines is 1. The molecule has 0 radical (unpaired) electrons. The highest BCUT2D eigenvalue weighted by molar-refractivity contribution is 5.80. The average molecular weight is 354 g/mol. The molecule has 3 aromatic rings. The van der Waals surface area contributed by atoms with Gasteiger partial charge in [-0.25, -0.2) is 4.39 Å². The maximum Gasteiger partial charge on any atom is 0.292 e. The van der Waals surface area contributed by atoms with Crippen LogP contribution in [0.1, 0.15) is 5.69 Å². The van der Waals surface area contributed by atoms with E-state index < -0.39 is 0 Å². The van der Waals surface area contributed by atoms with Crippen LogP contribution in [0.3, 0.4) is 0 Å². The highest BCUT2D eigenvalue weighted by atomic mass is 19.1. The topological polar surface area (TPSA) is 65.4 Å². The summed E-state index contributed by atoms with van der Waals surface area (Å²) in [6, 6.07) is 13.6. The van der Waals surface area contributed by atoms with Crippen LogP contribution in [0.4, 0.5) is 15.8 Å². The molecule has 0 aliphatic carbocycles. The molecule has 0 unspecified atom stereocenters. The zero-order valence-corrected chi connectivity index (χ0v) is 14.2. The second-order valence-electron chi connectivity index (χ2n) is 6.54. The predicted octanol–water partition coefficient (Wildman–Crippen LogP) is 3.54. The first-order valence-corrected chi connectivity index (χ1v) is 8.58. The number of halogens is 1. The molecule has 0 atom stereocenters. The average Bonchev–Trinajstić information content (AvgIpc) is 3.03. The Morgan fingerprint density at radius 3 is 2.62 bits per heavy atom. The number of benzene rings is 2. The molecule has 26 heavy (non-hydrogen) atoms. The second-order valence-corrected chi connectivity index (χ2v) is 6.54. The molecule has 134 valence electrons. The second kappa shape index (κ2) is 6.76. The zero-order valence-electron chi connectivity index (χ0n) is 14.2. The van der Waals surface area contributed by atoms with Crippen LogP contribution in [0.25, 0.3) is 10.9 Å². The van der Waals surface area contributed by atoms with Crippen LogP contribution in [-0.2, 0) is 6.54 Å². The molecule has 6 nitrogen and oxygen atoms in total. The molecule has 0 saturated carbocycles. The highest BCUT2D eigenvalue weighted by Gasteiger charge is 2.23. The van der Waals surface area contributed by atoms with Crippen molar-refractivity contribution >= 4 is 22.3 Å². The fourth-order valence-electron chi connectivity index (χ4n) is 3.52. The minimum atomic E-state index is -0.328. The first-order chi connectivity index (χ1) is 12.6. The molecule has 0 amide bonds. The molecular weight excluding hydrogens is 335 g/mol. The summed E-state index contributed by atoms with van der Waals surface area (Å²) in [5.74, 6) is -0.235. The molecule has 1 aliphatic rings. The minimum Gasteiger partial charge on any atom is -0.363 e. The van der Waals surface area contributed by atoms with Crippen molar-refractivity contribution in [3.63, 3.8) is 0 Å². The molecule has 2 heterocycles. The standard InChI is InChI=1S/C19H19FN4O2/c20-15-5-6-17-14(11-15)12-16(21-17)13-22-7-9-23(10-8-22)18-3-1-2-4-19(18)24(25)26/h1-6,11-12,21H,7-10,13H2. The van der Waals surface area contributed by atoms with E-state index in [1.165, 1.54) is 12.1 Å². The number of nitro benzene ring substituents is 1. The molecule has 1 aliphatic heterocycles. The van der Waals surface area contributed by atoms with E-state index in [1.807, 2.05) is 12.1 Å². The van der Waals surface area contributed by atoms with Crippen molar-refractivity contribution in [2.75, 3.05) is 31.1 Å². The third kappa shape index (κ3) is 3.25. The largest absolute Gasteiger partial charge is 0.363 e. The number of aromatic nitrogens is 1. The van der Waals surface area contributed by atoms with Crippen molar-refractivity contribution in [2.24, 2.45) is 0 Å². The van der Waals surface area contributed by atoms with E-state index in [4.69, 9.17) is 0 Å². The molecule has 1 fully saturated rings. The summed E-state index contributed by atoms with van der Waals surface area (Å²) in [5, 5.41) is 12.1. The van der Waals surface area contributed by atoms with Gasteiger partial charge in [0.05, 0.1) is 4.92 Å². The van der Waals surface area contributed by atoms with Crippen molar-refractivity contribution in [3.05, 3.63) is 70.2 Å². The summed E-state index contributed by atoms with van der Waals surface area (Å²) in [4.78, 5) is 18.6. The molecule has 2 aromatic carbocycles. The van der Waals surface area contributed by atoms with Gasteiger partial charge < -0.3 is 9.88 Å². The van der Waals surface area contributed by atoms with Crippen LogP contribution in [-0.4, -0.2) is 41.0 Å². The van der Waals surface area contributed by atoms with Gasteiger partial charge >= 0.3 is 0 Å². The van der Waals surface area contributed by atoms with Crippen LogP contribution >= 0.6 is 0 Å². The Kier molecular flexibility index (Phi) is 4.30. The summed E-state index contributed by atoms with van der Waals surface area (Å²) >= 11 is 0. The van der Waals surface area contributed by atoms with Crippen molar-refractivity contribution < 1.29 is 9.31 Å². The van der Waals surface area contributed by atoms with Gasteiger partial charge in [0.2, 0.25) is 0 Å². The number of nitro groups is 1. The normalized spacial score (nSPS) is 15.5. The summed E-state index contributed by atoms with van der Waals surface area (Å²) < 4.78 is 13.3. The number of H-pyrrole nitrogens is 1. The summed E-state index contributed by atoms with van der Waals surface area (Å²) in [6.07, 6.45) is 0. The number of aromatic amines is 1. The van der Waals surface area contributed by atoms with Gasteiger partial charge in [-0.2, -0.15) is 0 Å². The Bertz CT molecular complexity index is 948.